The Bertz CT molecular complexity index is 953. The Kier molecular flexibility index (Phi) is 5.86. The highest BCUT2D eigenvalue weighted by Gasteiger charge is 2.44. The molecule has 150 valence electrons. The van der Waals surface area contributed by atoms with Crippen LogP contribution < -0.4 is 5.32 Å². The van der Waals surface area contributed by atoms with Crippen LogP contribution in [0.2, 0.25) is 0 Å². The van der Waals surface area contributed by atoms with Crippen molar-refractivity contribution in [3.8, 4) is 0 Å². The molecule has 0 unspecified atom stereocenters. The third kappa shape index (κ3) is 3.95. The van der Waals surface area contributed by atoms with Crippen molar-refractivity contribution in [2.24, 2.45) is 0 Å². The van der Waals surface area contributed by atoms with E-state index in [0.29, 0.717) is 12.8 Å². The van der Waals surface area contributed by atoms with Crippen LogP contribution >= 0.6 is 0 Å². The first-order valence-corrected chi connectivity index (χ1v) is 11.0. The van der Waals surface area contributed by atoms with E-state index in [2.05, 4.69) is 5.32 Å². The van der Waals surface area contributed by atoms with Crippen LogP contribution in [-0.4, -0.2) is 37.5 Å². The van der Waals surface area contributed by atoms with E-state index in [0.717, 1.165) is 11.1 Å². The molecule has 0 saturated carbocycles. The smallest absolute Gasteiger partial charge is 0.235 e. The predicted octanol–water partition coefficient (Wildman–Crippen LogP) is 3.46. The molecule has 0 atom stereocenters. The summed E-state index contributed by atoms with van der Waals surface area (Å²) in [5.41, 5.74) is 0.893. The normalized spacial score (nSPS) is 17.2. The highest BCUT2D eigenvalue weighted by molar-refractivity contribution is 7.89. The number of amides is 1. The van der Waals surface area contributed by atoms with Crippen LogP contribution in [0, 0.1) is 12.7 Å². The van der Waals surface area contributed by atoms with Crippen molar-refractivity contribution in [1.29, 1.82) is 0 Å². The van der Waals surface area contributed by atoms with Crippen molar-refractivity contribution >= 4 is 21.6 Å². The predicted molar refractivity (Wildman–Crippen MR) is 108 cm³/mol. The van der Waals surface area contributed by atoms with E-state index in [1.807, 2.05) is 37.3 Å². The van der Waals surface area contributed by atoms with Crippen LogP contribution in [0.25, 0.3) is 0 Å². The summed E-state index contributed by atoms with van der Waals surface area (Å²) >= 11 is 0. The first-order chi connectivity index (χ1) is 13.3. The molecule has 0 aromatic heterocycles. The lowest BCUT2D eigenvalue weighted by Gasteiger charge is -2.40. The fourth-order valence-electron chi connectivity index (χ4n) is 3.71. The van der Waals surface area contributed by atoms with E-state index in [1.165, 1.54) is 10.4 Å². The Balaban J connectivity index is 1.93. The number of benzene rings is 2. The number of carbonyl (C=O) groups is 1. The molecule has 1 amide bonds. The molecule has 1 N–H and O–H groups in total. The Hall–Kier alpha value is -2.25. The number of rotatable bonds is 5. The largest absolute Gasteiger partial charge is 0.323 e. The summed E-state index contributed by atoms with van der Waals surface area (Å²) in [6.45, 7) is 3.96. The summed E-state index contributed by atoms with van der Waals surface area (Å²) in [6, 6.07) is 13.9. The number of piperidine rings is 1. The molecule has 0 radical (unpaired) electrons. The molecule has 7 heteroatoms. The number of nitrogens with zero attached hydrogens (tertiary/aromatic N) is 1. The second-order valence-electron chi connectivity index (χ2n) is 7.19. The van der Waals surface area contributed by atoms with Crippen LogP contribution in [-0.2, 0) is 20.2 Å². The van der Waals surface area contributed by atoms with Gasteiger partial charge < -0.3 is 5.32 Å². The molecule has 1 heterocycles. The first kappa shape index (κ1) is 20.5. The zero-order valence-corrected chi connectivity index (χ0v) is 16.9. The molecule has 1 aliphatic heterocycles. The van der Waals surface area contributed by atoms with Crippen molar-refractivity contribution in [3.63, 3.8) is 0 Å². The van der Waals surface area contributed by atoms with Crippen LogP contribution in [0.15, 0.2) is 48.5 Å². The van der Waals surface area contributed by atoms with E-state index in [4.69, 9.17) is 0 Å². The van der Waals surface area contributed by atoms with Gasteiger partial charge in [-0.3, -0.25) is 4.79 Å². The molecular weight excluding hydrogens is 379 g/mol. The number of sulfonamides is 1. The molecular formula is C21H25FN2O3S. The lowest BCUT2D eigenvalue weighted by molar-refractivity contribution is -0.123. The lowest BCUT2D eigenvalue weighted by atomic mass is 9.72. The van der Waals surface area contributed by atoms with E-state index in [1.54, 1.807) is 19.1 Å². The molecule has 1 aliphatic rings. The van der Waals surface area contributed by atoms with Crippen molar-refractivity contribution in [2.75, 3.05) is 24.2 Å². The van der Waals surface area contributed by atoms with Gasteiger partial charge >= 0.3 is 0 Å². The highest BCUT2D eigenvalue weighted by atomic mass is 32.2. The van der Waals surface area contributed by atoms with Gasteiger partial charge in [0.05, 0.1) is 16.9 Å². The van der Waals surface area contributed by atoms with Crippen molar-refractivity contribution in [3.05, 3.63) is 65.5 Å². The number of hydrogen-bond donors (Lipinski definition) is 1. The van der Waals surface area contributed by atoms with Gasteiger partial charge in [0.25, 0.3) is 0 Å². The van der Waals surface area contributed by atoms with Crippen LogP contribution in [0.3, 0.4) is 0 Å². The third-order valence-corrected chi connectivity index (χ3v) is 7.35. The average Bonchev–Trinajstić information content (AvgIpc) is 2.71. The molecule has 2 aromatic rings. The topological polar surface area (TPSA) is 66.5 Å². The Morgan fingerprint density at radius 1 is 1.14 bits per heavy atom. The van der Waals surface area contributed by atoms with E-state index >= 15 is 0 Å². The minimum atomic E-state index is -3.31. The molecule has 1 saturated heterocycles. The standard InChI is InChI=1S/C21H25FN2O3S/c1-3-28(26,27)24-13-11-21(12-14-24,17-7-5-4-6-8-17)20(25)23-19-15-16(2)9-10-18(19)22/h4-10,15H,3,11-14H2,1-2H3,(H,23,25). The zero-order chi connectivity index (χ0) is 20.4. The lowest BCUT2D eigenvalue weighted by Crippen LogP contribution is -2.51. The number of anilines is 1. The zero-order valence-electron chi connectivity index (χ0n) is 16.1. The fourth-order valence-corrected chi connectivity index (χ4v) is 4.81. The van der Waals surface area contributed by atoms with Gasteiger partial charge in [-0.25, -0.2) is 17.1 Å². The van der Waals surface area contributed by atoms with Gasteiger partial charge in [-0.05, 0) is 49.9 Å². The Morgan fingerprint density at radius 3 is 2.39 bits per heavy atom. The average molecular weight is 405 g/mol. The van der Waals surface area contributed by atoms with Crippen LogP contribution in [0.1, 0.15) is 30.9 Å². The second-order valence-corrected chi connectivity index (χ2v) is 9.44. The third-order valence-electron chi connectivity index (χ3n) is 5.47. The Morgan fingerprint density at radius 2 is 1.79 bits per heavy atom. The van der Waals surface area contributed by atoms with Gasteiger partial charge in [0.2, 0.25) is 15.9 Å². The van der Waals surface area contributed by atoms with Gasteiger partial charge in [-0.15, -0.1) is 0 Å². The quantitative estimate of drug-likeness (QED) is 0.830. The highest BCUT2D eigenvalue weighted by Crippen LogP contribution is 2.38. The van der Waals surface area contributed by atoms with Gasteiger partial charge in [0.1, 0.15) is 5.82 Å². The molecule has 0 bridgehead atoms. The maximum absolute atomic E-state index is 14.2. The first-order valence-electron chi connectivity index (χ1n) is 9.39. The molecule has 3 rings (SSSR count). The summed E-state index contributed by atoms with van der Waals surface area (Å²) in [5.74, 6) is -0.767. The van der Waals surface area contributed by atoms with Crippen molar-refractivity contribution < 1.29 is 17.6 Å². The Labute approximate surface area is 165 Å². The van der Waals surface area contributed by atoms with Gasteiger partial charge in [-0.2, -0.15) is 0 Å². The molecule has 1 fully saturated rings. The molecule has 5 nitrogen and oxygen atoms in total. The SMILES string of the molecule is CCS(=O)(=O)N1CCC(C(=O)Nc2cc(C)ccc2F)(c2ccccc2)CC1. The number of hydrogen-bond acceptors (Lipinski definition) is 3. The van der Waals surface area contributed by atoms with Crippen molar-refractivity contribution in [2.45, 2.75) is 32.1 Å². The maximum Gasteiger partial charge on any atom is 0.235 e. The summed E-state index contributed by atoms with van der Waals surface area (Å²) in [6.07, 6.45) is 0.686. The molecule has 0 aliphatic carbocycles. The monoisotopic (exact) mass is 404 g/mol. The van der Waals surface area contributed by atoms with Gasteiger partial charge in [-0.1, -0.05) is 36.4 Å². The number of aryl methyl sites for hydroxylation is 1. The summed E-state index contributed by atoms with van der Waals surface area (Å²) in [5, 5.41) is 2.75. The maximum atomic E-state index is 14.2. The number of nitrogens with one attached hydrogen (secondary N) is 1. The van der Waals surface area contributed by atoms with E-state index < -0.39 is 21.3 Å². The summed E-state index contributed by atoms with van der Waals surface area (Å²) < 4.78 is 40.1. The van der Waals surface area contributed by atoms with Crippen molar-refractivity contribution in [1.82, 2.24) is 4.31 Å². The van der Waals surface area contributed by atoms with E-state index in [-0.39, 0.29) is 30.4 Å². The minimum absolute atomic E-state index is 0.0338. The summed E-state index contributed by atoms with van der Waals surface area (Å²) in [4.78, 5) is 13.3. The van der Waals surface area contributed by atoms with Gasteiger partial charge in [0, 0.05) is 13.1 Å². The van der Waals surface area contributed by atoms with Gasteiger partial charge in [0.15, 0.2) is 0 Å². The van der Waals surface area contributed by atoms with Crippen LogP contribution in [0.4, 0.5) is 10.1 Å². The van der Waals surface area contributed by atoms with Crippen LogP contribution in [0.5, 0.6) is 0 Å². The number of halogens is 1. The van der Waals surface area contributed by atoms with E-state index in [9.17, 15) is 17.6 Å². The number of carbonyl (C=O) groups excluding carboxylic acids is 1. The summed E-state index contributed by atoms with van der Waals surface area (Å²) in [7, 11) is -3.31. The molecule has 2 aromatic carbocycles. The fraction of sp³-hybridized carbons (Fsp3) is 0.381. The molecule has 28 heavy (non-hydrogen) atoms. The second kappa shape index (κ2) is 8.01. The minimum Gasteiger partial charge on any atom is -0.323 e. The molecule has 0 spiro atoms.